The molecule has 1 saturated carbocycles. The van der Waals surface area contributed by atoms with Gasteiger partial charge in [-0.05, 0) is 60.1 Å². The van der Waals surface area contributed by atoms with Crippen LogP contribution in [0.25, 0.3) is 11.8 Å². The maximum Gasteiger partial charge on any atom is 0.235 e. The van der Waals surface area contributed by atoms with Gasteiger partial charge in [-0.1, -0.05) is 90.0 Å². The van der Waals surface area contributed by atoms with Crippen LogP contribution in [0.15, 0.2) is 55.3 Å². The molecular weight excluding hydrogens is 527 g/mol. The van der Waals surface area contributed by atoms with Crippen LogP contribution >= 0.6 is 0 Å². The number of carbonyl (C=O) groups is 1. The molecule has 42 heavy (non-hydrogen) atoms. The lowest BCUT2D eigenvalue weighted by Gasteiger charge is -2.32. The van der Waals surface area contributed by atoms with Crippen molar-refractivity contribution in [2.45, 2.75) is 104 Å². The smallest absolute Gasteiger partial charge is 0.235 e. The zero-order valence-corrected chi connectivity index (χ0v) is 26.7. The molecule has 1 atom stereocenters. The van der Waals surface area contributed by atoms with E-state index in [0.717, 1.165) is 46.5 Å². The minimum Gasteiger partial charge on any atom is -0.461 e. The molecular formula is C36H55FN2O3. The second-order valence-corrected chi connectivity index (χ2v) is 11.6. The van der Waals surface area contributed by atoms with Gasteiger partial charge in [0, 0.05) is 45.9 Å². The maximum atomic E-state index is 12.4. The van der Waals surface area contributed by atoms with Gasteiger partial charge in [-0.2, -0.15) is 0 Å². The molecule has 5 nitrogen and oxygen atoms in total. The van der Waals surface area contributed by atoms with Crippen LogP contribution in [-0.2, 0) is 24.2 Å². The molecule has 1 fully saturated rings. The summed E-state index contributed by atoms with van der Waals surface area (Å²) >= 11 is 0. The number of ether oxygens (including phenoxy) is 1. The third-order valence-corrected chi connectivity index (χ3v) is 6.97. The minimum absolute atomic E-state index is 0. The number of nitrogens with one attached hydrogen (secondary N) is 1. The topological polar surface area (TPSA) is 84.6 Å². The molecule has 0 aromatic heterocycles. The second kappa shape index (κ2) is 19.1. The van der Waals surface area contributed by atoms with E-state index in [1.807, 2.05) is 6.07 Å². The summed E-state index contributed by atoms with van der Waals surface area (Å²) in [7, 11) is 1.00. The van der Waals surface area contributed by atoms with E-state index in [1.165, 1.54) is 45.4 Å². The average Bonchev–Trinajstić information content (AvgIpc) is 3.20. The third-order valence-electron chi connectivity index (χ3n) is 6.97. The van der Waals surface area contributed by atoms with Gasteiger partial charge < -0.3 is 20.9 Å². The molecule has 0 radical (unpaired) electrons. The molecule has 4 rings (SSSR count). The first-order valence-corrected chi connectivity index (χ1v) is 15.0. The zero-order chi connectivity index (χ0) is 31.7. The predicted octanol–water partition coefficient (Wildman–Crippen LogP) is 8.18. The number of nitrogens with two attached hydrogens (primary N) is 1. The number of carbonyl (C=O) groups excluding carboxylic acids is 1. The second-order valence-electron chi connectivity index (χ2n) is 11.6. The normalized spacial score (nSPS) is 15.5. The molecule has 0 aliphatic heterocycles. The first-order chi connectivity index (χ1) is 20.0. The predicted molar refractivity (Wildman–Crippen MR) is 177 cm³/mol. The molecule has 0 spiro atoms. The largest absolute Gasteiger partial charge is 0.461 e. The van der Waals surface area contributed by atoms with Crippen molar-refractivity contribution in [3.05, 3.63) is 83.1 Å². The number of benzene rings is 2. The van der Waals surface area contributed by atoms with E-state index in [0.29, 0.717) is 25.1 Å². The van der Waals surface area contributed by atoms with Crippen molar-refractivity contribution in [3.63, 3.8) is 0 Å². The lowest BCUT2D eigenvalue weighted by molar-refractivity contribution is -0.117. The average molecular weight is 583 g/mol. The molecule has 2 aromatic carbocycles. The summed E-state index contributed by atoms with van der Waals surface area (Å²) in [5.74, 6) is 1.65. The molecule has 234 valence electrons. The van der Waals surface area contributed by atoms with Crippen molar-refractivity contribution >= 4 is 17.6 Å². The molecule has 0 saturated heterocycles. The Morgan fingerprint density at radius 3 is 2.29 bits per heavy atom. The van der Waals surface area contributed by atoms with E-state index < -0.39 is 6.36 Å². The van der Waals surface area contributed by atoms with Gasteiger partial charge in [0.15, 0.2) is 0 Å². The van der Waals surface area contributed by atoms with Crippen LogP contribution in [0.5, 0.6) is 5.75 Å². The van der Waals surface area contributed by atoms with Crippen LogP contribution in [0.3, 0.4) is 0 Å². The Balaban J connectivity index is 0.000000780. The van der Waals surface area contributed by atoms with Gasteiger partial charge >= 0.3 is 0 Å². The summed E-state index contributed by atoms with van der Waals surface area (Å²) in [4.78, 5) is 11.8. The van der Waals surface area contributed by atoms with E-state index in [4.69, 9.17) is 15.6 Å². The molecule has 0 amide bonds. The Bertz CT molecular complexity index is 1180. The van der Waals surface area contributed by atoms with Crippen LogP contribution in [0.1, 0.15) is 102 Å². The summed E-state index contributed by atoms with van der Waals surface area (Å²) in [6, 6.07) is 11.3. The number of alkyl halides is 1. The fraction of sp³-hybridized carbons (Fsp3) is 0.500. The highest BCUT2D eigenvalue weighted by atomic mass is 19.1. The number of ketones is 1. The van der Waals surface area contributed by atoms with Crippen LogP contribution < -0.4 is 15.8 Å². The van der Waals surface area contributed by atoms with Crippen molar-refractivity contribution in [3.8, 4) is 5.75 Å². The Labute approximate surface area is 255 Å². The number of halogens is 1. The number of rotatable bonds is 7. The van der Waals surface area contributed by atoms with Crippen molar-refractivity contribution in [2.75, 3.05) is 7.11 Å². The summed E-state index contributed by atoms with van der Waals surface area (Å²) in [6.45, 7) is 18.1. The van der Waals surface area contributed by atoms with E-state index in [2.05, 4.69) is 64.0 Å². The number of fused-ring (bicyclic) bond motifs is 1. The number of aliphatic hydroxyl groups excluding tert-OH is 1. The van der Waals surface area contributed by atoms with E-state index in [-0.39, 0.29) is 12.7 Å². The highest BCUT2D eigenvalue weighted by molar-refractivity contribution is 5.89. The SMILES string of the molecule is C=C=C(NC1(C)CCCCCC1)c1ccc2c(c1CN)CC(=O)C2.C=Cc1cccc(OC(C)F)c1.CC(C)C.CO.[HH]. The van der Waals surface area contributed by atoms with Gasteiger partial charge in [0.2, 0.25) is 6.36 Å². The summed E-state index contributed by atoms with van der Waals surface area (Å²) in [5.41, 5.74) is 15.5. The van der Waals surface area contributed by atoms with E-state index >= 15 is 0 Å². The fourth-order valence-electron chi connectivity index (χ4n) is 5.11. The molecule has 6 heteroatoms. The van der Waals surface area contributed by atoms with Crippen LogP contribution in [-0.4, -0.2) is 29.9 Å². The van der Waals surface area contributed by atoms with Crippen molar-refractivity contribution in [1.82, 2.24) is 5.32 Å². The number of aliphatic hydroxyl groups is 1. The quantitative estimate of drug-likeness (QED) is 0.226. The lowest BCUT2D eigenvalue weighted by Crippen LogP contribution is -2.40. The zero-order valence-electron chi connectivity index (χ0n) is 26.7. The number of Topliss-reactive ketones (excluding diaryl/α,β-unsaturated/α-hetero) is 1. The fourth-order valence-corrected chi connectivity index (χ4v) is 5.11. The van der Waals surface area contributed by atoms with Crippen molar-refractivity contribution in [1.29, 1.82) is 0 Å². The third kappa shape index (κ3) is 12.4. The van der Waals surface area contributed by atoms with E-state index in [1.54, 1.807) is 24.3 Å². The molecule has 2 aliphatic rings. The Kier molecular flexibility index (Phi) is 16.8. The van der Waals surface area contributed by atoms with Crippen LogP contribution in [0.2, 0.25) is 0 Å². The van der Waals surface area contributed by atoms with E-state index in [9.17, 15) is 9.18 Å². The van der Waals surface area contributed by atoms with Gasteiger partial charge in [0.05, 0.1) is 5.70 Å². The lowest BCUT2D eigenvalue weighted by atomic mass is 9.90. The molecule has 0 bridgehead atoms. The van der Waals surface area contributed by atoms with Gasteiger partial charge in [-0.3, -0.25) is 4.79 Å². The van der Waals surface area contributed by atoms with Crippen LogP contribution in [0, 0.1) is 5.92 Å². The summed E-state index contributed by atoms with van der Waals surface area (Å²) < 4.78 is 17.2. The number of hydrogen-bond donors (Lipinski definition) is 3. The summed E-state index contributed by atoms with van der Waals surface area (Å²) in [6.07, 6.45) is 8.96. The minimum atomic E-state index is -1.27. The molecule has 4 N–H and O–H groups in total. The Morgan fingerprint density at radius 1 is 1.14 bits per heavy atom. The van der Waals surface area contributed by atoms with Gasteiger partial charge in [-0.15, -0.1) is 5.73 Å². The van der Waals surface area contributed by atoms with Crippen LogP contribution in [0.4, 0.5) is 4.39 Å². The van der Waals surface area contributed by atoms with Gasteiger partial charge in [0.25, 0.3) is 0 Å². The Morgan fingerprint density at radius 2 is 1.76 bits per heavy atom. The maximum absolute atomic E-state index is 12.4. The first-order valence-electron chi connectivity index (χ1n) is 15.0. The molecule has 2 aliphatic carbocycles. The molecule has 0 heterocycles. The van der Waals surface area contributed by atoms with Crippen molar-refractivity contribution in [2.24, 2.45) is 11.7 Å². The highest BCUT2D eigenvalue weighted by Crippen LogP contribution is 2.32. The van der Waals surface area contributed by atoms with Gasteiger partial charge in [-0.25, -0.2) is 4.39 Å². The highest BCUT2D eigenvalue weighted by Gasteiger charge is 2.28. The molecule has 1 unspecified atom stereocenters. The summed E-state index contributed by atoms with van der Waals surface area (Å²) in [5, 5.41) is 10.7. The van der Waals surface area contributed by atoms with Gasteiger partial charge in [0.1, 0.15) is 11.5 Å². The standard InChI is InChI=1S/C21H28N2O.C10H11FO.C4H10.CH4O.H2/c1-3-20(23-21(2)10-6-4-5-7-11-21)17-9-8-15-12-16(24)13-18(15)19(17)14-22;1-3-9-5-4-6-10(7-9)12-8(2)11;1-4(2)3;1-2;/h8-9,23H,1,4-7,10-14,22H2,2H3;3-8H,1H2,2H3;4H,1-3H3;2H,1H3;1H. The first kappa shape index (κ1) is 36.8. The molecule has 2 aromatic rings. The monoisotopic (exact) mass is 582 g/mol. The number of hydrogen-bond acceptors (Lipinski definition) is 5. The Hall–Kier alpha value is -3.18. The van der Waals surface area contributed by atoms with Crippen molar-refractivity contribution < 1.29 is 20.5 Å².